The highest BCUT2D eigenvalue weighted by molar-refractivity contribution is 7.15. The third-order valence-electron chi connectivity index (χ3n) is 4.84. The number of nitrogens with zero attached hydrogens (tertiary/aromatic N) is 3. The van der Waals surface area contributed by atoms with Crippen LogP contribution in [0.25, 0.3) is 0 Å². The van der Waals surface area contributed by atoms with Gasteiger partial charge in [-0.3, -0.25) is 10.1 Å². The largest absolute Gasteiger partial charge is 0.339 e. The number of carbonyl (C=O) groups excluding carboxylic acids is 2. The molecule has 1 saturated carbocycles. The van der Waals surface area contributed by atoms with Crippen molar-refractivity contribution in [2.24, 2.45) is 5.92 Å². The quantitative estimate of drug-likeness (QED) is 0.859. The zero-order chi connectivity index (χ0) is 18.0. The Morgan fingerprint density at radius 3 is 2.64 bits per heavy atom. The highest BCUT2D eigenvalue weighted by Gasteiger charge is 2.35. The van der Waals surface area contributed by atoms with Crippen molar-refractivity contribution >= 4 is 28.4 Å². The first-order valence-electron chi connectivity index (χ1n) is 9.01. The SMILES string of the molecule is CC(C)(C)c1nnc(NC(=O)NC[C@@H]2CC(=O)N(C3CCCC3)C2)s1. The number of hydrogen-bond donors (Lipinski definition) is 2. The highest BCUT2D eigenvalue weighted by Crippen LogP contribution is 2.29. The average Bonchev–Trinajstić information content (AvgIpc) is 3.24. The summed E-state index contributed by atoms with van der Waals surface area (Å²) in [6.07, 6.45) is 5.22. The maximum absolute atomic E-state index is 12.2. The molecule has 1 aliphatic heterocycles. The van der Waals surface area contributed by atoms with Gasteiger partial charge in [0, 0.05) is 36.9 Å². The Labute approximate surface area is 152 Å². The van der Waals surface area contributed by atoms with Crippen LogP contribution in [0.4, 0.5) is 9.93 Å². The van der Waals surface area contributed by atoms with E-state index in [-0.39, 0.29) is 23.3 Å². The summed E-state index contributed by atoms with van der Waals surface area (Å²) in [4.78, 5) is 26.3. The molecular formula is C17H27N5O2S. The van der Waals surface area contributed by atoms with Gasteiger partial charge in [0.05, 0.1) is 0 Å². The van der Waals surface area contributed by atoms with E-state index in [1.807, 2.05) is 4.90 Å². The minimum atomic E-state index is -0.289. The first-order chi connectivity index (χ1) is 11.8. The molecule has 3 amide bonds. The lowest BCUT2D eigenvalue weighted by atomic mass is 9.98. The fraction of sp³-hybridized carbons (Fsp3) is 0.765. The van der Waals surface area contributed by atoms with Crippen LogP contribution < -0.4 is 10.6 Å². The van der Waals surface area contributed by atoms with Crippen LogP contribution in [0.15, 0.2) is 0 Å². The van der Waals surface area contributed by atoms with Crippen molar-refractivity contribution in [3.05, 3.63) is 5.01 Å². The smallest absolute Gasteiger partial charge is 0.321 e. The maximum Gasteiger partial charge on any atom is 0.321 e. The number of hydrogen-bond acceptors (Lipinski definition) is 5. The molecule has 8 heteroatoms. The average molecular weight is 366 g/mol. The number of amides is 3. The van der Waals surface area contributed by atoms with Crippen molar-refractivity contribution in [3.63, 3.8) is 0 Å². The van der Waals surface area contributed by atoms with Gasteiger partial charge in [0.2, 0.25) is 11.0 Å². The summed E-state index contributed by atoms with van der Waals surface area (Å²) in [5, 5.41) is 15.1. The lowest BCUT2D eigenvalue weighted by Gasteiger charge is -2.24. The molecule has 1 aromatic heterocycles. The Hall–Kier alpha value is -1.70. The lowest BCUT2D eigenvalue weighted by molar-refractivity contribution is -0.129. The lowest BCUT2D eigenvalue weighted by Crippen LogP contribution is -2.36. The minimum absolute atomic E-state index is 0.0814. The molecule has 138 valence electrons. The number of aromatic nitrogens is 2. The third kappa shape index (κ3) is 4.48. The molecule has 3 rings (SSSR count). The second-order valence-electron chi connectivity index (χ2n) is 8.05. The van der Waals surface area contributed by atoms with E-state index in [1.54, 1.807) is 0 Å². The zero-order valence-corrected chi connectivity index (χ0v) is 16.0. The van der Waals surface area contributed by atoms with E-state index in [2.05, 4.69) is 41.6 Å². The maximum atomic E-state index is 12.2. The van der Waals surface area contributed by atoms with Crippen molar-refractivity contribution in [1.29, 1.82) is 0 Å². The summed E-state index contributed by atoms with van der Waals surface area (Å²) in [7, 11) is 0. The fourth-order valence-corrected chi connectivity index (χ4v) is 4.27. The van der Waals surface area contributed by atoms with Gasteiger partial charge in [-0.25, -0.2) is 4.79 Å². The van der Waals surface area contributed by atoms with Gasteiger partial charge in [-0.2, -0.15) is 0 Å². The van der Waals surface area contributed by atoms with E-state index >= 15 is 0 Å². The molecule has 2 N–H and O–H groups in total. The van der Waals surface area contributed by atoms with Crippen molar-refractivity contribution in [3.8, 4) is 0 Å². The van der Waals surface area contributed by atoms with Gasteiger partial charge in [0.1, 0.15) is 5.01 Å². The first-order valence-corrected chi connectivity index (χ1v) is 9.83. The second-order valence-corrected chi connectivity index (χ2v) is 9.03. The summed E-state index contributed by atoms with van der Waals surface area (Å²) >= 11 is 1.39. The molecule has 1 atom stereocenters. The summed E-state index contributed by atoms with van der Waals surface area (Å²) in [5.41, 5.74) is -0.0814. The van der Waals surface area contributed by atoms with Crippen molar-refractivity contribution < 1.29 is 9.59 Å². The summed E-state index contributed by atoms with van der Waals surface area (Å²) in [5.74, 6) is 0.427. The number of rotatable bonds is 4. The predicted octanol–water partition coefficient (Wildman–Crippen LogP) is 2.75. The zero-order valence-electron chi connectivity index (χ0n) is 15.2. The molecule has 1 aromatic rings. The Balaban J connectivity index is 1.45. The van der Waals surface area contributed by atoms with Gasteiger partial charge < -0.3 is 10.2 Å². The molecule has 1 saturated heterocycles. The van der Waals surface area contributed by atoms with Gasteiger partial charge in [0.25, 0.3) is 0 Å². The van der Waals surface area contributed by atoms with Crippen LogP contribution in [0, 0.1) is 5.92 Å². The summed E-state index contributed by atoms with van der Waals surface area (Å²) in [6, 6.07) is 0.131. The van der Waals surface area contributed by atoms with Gasteiger partial charge in [-0.1, -0.05) is 44.9 Å². The van der Waals surface area contributed by atoms with Crippen molar-refractivity contribution in [1.82, 2.24) is 20.4 Å². The van der Waals surface area contributed by atoms with Crippen LogP contribution in [-0.4, -0.2) is 46.2 Å². The molecule has 0 unspecified atom stereocenters. The Morgan fingerprint density at radius 1 is 1.28 bits per heavy atom. The van der Waals surface area contributed by atoms with Crippen LogP contribution in [-0.2, 0) is 10.2 Å². The predicted molar refractivity (Wildman–Crippen MR) is 97.7 cm³/mol. The van der Waals surface area contributed by atoms with Crippen LogP contribution in [0.1, 0.15) is 57.9 Å². The first kappa shape index (κ1) is 18.1. The number of urea groups is 1. The molecule has 0 radical (unpaired) electrons. The van der Waals surface area contributed by atoms with Gasteiger partial charge in [0.15, 0.2) is 0 Å². The number of likely N-dealkylation sites (tertiary alicyclic amines) is 1. The second kappa shape index (κ2) is 7.27. The molecule has 1 aliphatic carbocycles. The van der Waals surface area contributed by atoms with Crippen molar-refractivity contribution in [2.45, 2.75) is 64.3 Å². The number of anilines is 1. The summed E-state index contributed by atoms with van der Waals surface area (Å²) in [6.45, 7) is 7.45. The van der Waals surface area contributed by atoms with E-state index in [0.29, 0.717) is 24.1 Å². The van der Waals surface area contributed by atoms with E-state index in [4.69, 9.17) is 0 Å². The topological polar surface area (TPSA) is 87.2 Å². The standard InChI is InChI=1S/C17H27N5O2S/c1-17(2,3)14-20-21-16(25-14)19-15(24)18-9-11-8-13(23)22(10-11)12-6-4-5-7-12/h11-12H,4-10H2,1-3H3,(H2,18,19,21,24)/t11-/m0/s1. The van der Waals surface area contributed by atoms with Crippen LogP contribution in [0.3, 0.4) is 0 Å². The van der Waals surface area contributed by atoms with Crippen LogP contribution in [0.5, 0.6) is 0 Å². The highest BCUT2D eigenvalue weighted by atomic mass is 32.1. The monoisotopic (exact) mass is 365 g/mol. The Bertz CT molecular complexity index is 633. The Morgan fingerprint density at radius 2 is 2.00 bits per heavy atom. The van der Waals surface area contributed by atoms with Crippen molar-refractivity contribution in [2.75, 3.05) is 18.4 Å². The molecule has 0 spiro atoms. The molecule has 0 bridgehead atoms. The minimum Gasteiger partial charge on any atom is -0.339 e. The Kier molecular flexibility index (Phi) is 5.27. The molecule has 2 fully saturated rings. The number of carbonyl (C=O) groups is 2. The molecule has 2 heterocycles. The molecule has 25 heavy (non-hydrogen) atoms. The third-order valence-corrected chi connectivity index (χ3v) is 6.11. The van der Waals surface area contributed by atoms with Gasteiger partial charge in [-0.05, 0) is 12.8 Å². The van der Waals surface area contributed by atoms with Crippen LogP contribution in [0.2, 0.25) is 0 Å². The molecular weight excluding hydrogens is 338 g/mol. The molecule has 0 aromatic carbocycles. The van der Waals surface area contributed by atoms with Gasteiger partial charge >= 0.3 is 6.03 Å². The van der Waals surface area contributed by atoms with E-state index in [0.717, 1.165) is 24.4 Å². The molecule has 7 nitrogen and oxygen atoms in total. The number of nitrogens with one attached hydrogen (secondary N) is 2. The van der Waals surface area contributed by atoms with E-state index < -0.39 is 0 Å². The molecule has 2 aliphatic rings. The van der Waals surface area contributed by atoms with Gasteiger partial charge in [-0.15, -0.1) is 10.2 Å². The fourth-order valence-electron chi connectivity index (χ4n) is 3.47. The van der Waals surface area contributed by atoms with E-state index in [9.17, 15) is 9.59 Å². The van der Waals surface area contributed by atoms with Crippen LogP contribution >= 0.6 is 11.3 Å². The van der Waals surface area contributed by atoms with E-state index in [1.165, 1.54) is 24.2 Å². The normalized spacial score (nSPS) is 21.8. The summed E-state index contributed by atoms with van der Waals surface area (Å²) < 4.78 is 0.